The molecule has 1 heterocycles. The number of hydrogen-bond acceptors (Lipinski definition) is 3. The lowest BCUT2D eigenvalue weighted by atomic mass is 9.87. The van der Waals surface area contributed by atoms with Gasteiger partial charge in [-0.05, 0) is 23.1 Å². The van der Waals surface area contributed by atoms with Crippen molar-refractivity contribution < 1.29 is 27.5 Å². The van der Waals surface area contributed by atoms with Gasteiger partial charge in [-0.1, -0.05) is 60.7 Å². The van der Waals surface area contributed by atoms with Crippen LogP contribution in [-0.4, -0.2) is 30.1 Å². The van der Waals surface area contributed by atoms with E-state index in [2.05, 4.69) is 0 Å². The van der Waals surface area contributed by atoms with E-state index in [1.165, 1.54) is 7.11 Å². The summed E-state index contributed by atoms with van der Waals surface area (Å²) in [5.74, 6) is -3.90. The summed E-state index contributed by atoms with van der Waals surface area (Å²) >= 11 is 0. The predicted molar refractivity (Wildman–Crippen MR) is 98.3 cm³/mol. The first-order chi connectivity index (χ1) is 13.8. The highest BCUT2D eigenvalue weighted by Crippen LogP contribution is 2.63. The van der Waals surface area contributed by atoms with Gasteiger partial charge in [-0.25, -0.2) is 0 Å². The van der Waals surface area contributed by atoms with Crippen molar-refractivity contribution in [1.29, 1.82) is 0 Å². The zero-order valence-electron chi connectivity index (χ0n) is 15.6. The van der Waals surface area contributed by atoms with Crippen LogP contribution in [0, 0.1) is 5.92 Å². The van der Waals surface area contributed by atoms with Gasteiger partial charge in [-0.15, -0.1) is 0 Å². The molecule has 1 aliphatic carbocycles. The molecule has 2 aliphatic rings. The quantitative estimate of drug-likeness (QED) is 0.729. The van der Waals surface area contributed by atoms with Crippen LogP contribution in [0.1, 0.15) is 17.5 Å². The van der Waals surface area contributed by atoms with Crippen LogP contribution in [0.15, 0.2) is 71.9 Å². The van der Waals surface area contributed by atoms with E-state index in [1.807, 2.05) is 0 Å². The van der Waals surface area contributed by atoms with Gasteiger partial charge in [0.15, 0.2) is 5.41 Å². The molecule has 0 aromatic heterocycles. The predicted octanol–water partition coefficient (Wildman–Crippen LogP) is 3.98. The van der Waals surface area contributed by atoms with Crippen LogP contribution in [0.2, 0.25) is 0 Å². The monoisotopic (exact) mass is 401 g/mol. The lowest BCUT2D eigenvalue weighted by Gasteiger charge is -2.29. The van der Waals surface area contributed by atoms with Gasteiger partial charge in [0.05, 0.1) is 13.7 Å². The first kappa shape index (κ1) is 19.2. The van der Waals surface area contributed by atoms with Crippen molar-refractivity contribution in [3.63, 3.8) is 0 Å². The molecule has 2 atom stereocenters. The topological polar surface area (TPSA) is 46.6 Å². The SMILES string of the molecule is COC(=O)C1(c2ccccc2)C2=C1N(Cc1ccccc1)C(=O)C(C(F)(F)F)C2. The molecule has 150 valence electrons. The fourth-order valence-electron chi connectivity index (χ4n) is 4.19. The van der Waals surface area contributed by atoms with E-state index in [0.717, 1.165) is 4.90 Å². The molecule has 4 nitrogen and oxygen atoms in total. The van der Waals surface area contributed by atoms with E-state index >= 15 is 0 Å². The average Bonchev–Trinajstić information content (AvgIpc) is 3.39. The number of benzene rings is 2. The van der Waals surface area contributed by atoms with E-state index in [-0.39, 0.29) is 6.54 Å². The molecule has 0 fully saturated rings. The number of rotatable bonds is 4. The summed E-state index contributed by atoms with van der Waals surface area (Å²) in [5, 5.41) is 0. The number of carbonyl (C=O) groups is 2. The third kappa shape index (κ3) is 2.92. The highest BCUT2D eigenvalue weighted by Gasteiger charge is 2.69. The number of nitrogens with zero attached hydrogens (tertiary/aromatic N) is 1. The smallest absolute Gasteiger partial charge is 0.400 e. The number of alkyl halides is 3. The third-order valence-corrected chi connectivity index (χ3v) is 5.55. The third-order valence-electron chi connectivity index (χ3n) is 5.55. The second-order valence-electron chi connectivity index (χ2n) is 7.14. The Labute approximate surface area is 165 Å². The van der Waals surface area contributed by atoms with Gasteiger partial charge in [-0.3, -0.25) is 9.59 Å². The summed E-state index contributed by atoms with van der Waals surface area (Å²) in [4.78, 5) is 26.8. The number of carbonyl (C=O) groups excluding carboxylic acids is 2. The summed E-state index contributed by atoms with van der Waals surface area (Å²) in [7, 11) is 1.20. The van der Waals surface area contributed by atoms with Crippen LogP contribution in [0.25, 0.3) is 0 Å². The molecule has 0 saturated heterocycles. The summed E-state index contributed by atoms with van der Waals surface area (Å²) in [6.07, 6.45) is -5.24. The second kappa shape index (κ2) is 6.76. The summed E-state index contributed by atoms with van der Waals surface area (Å²) in [6.45, 7) is -0.0450. The number of likely N-dealkylation sites (tertiary alicyclic amines) is 1. The van der Waals surface area contributed by atoms with Crippen LogP contribution in [0.5, 0.6) is 0 Å². The maximum atomic E-state index is 13.6. The van der Waals surface area contributed by atoms with Crippen molar-refractivity contribution >= 4 is 11.9 Å². The molecule has 0 bridgehead atoms. The Morgan fingerprint density at radius 1 is 1.10 bits per heavy atom. The summed E-state index contributed by atoms with van der Waals surface area (Å²) in [5.41, 5.74) is 0.346. The van der Waals surface area contributed by atoms with Crippen LogP contribution >= 0.6 is 0 Å². The lowest BCUT2D eigenvalue weighted by molar-refractivity contribution is -0.188. The molecule has 4 rings (SSSR count). The molecular formula is C22H18F3NO3. The van der Waals surface area contributed by atoms with Crippen molar-refractivity contribution in [3.8, 4) is 0 Å². The number of methoxy groups -OCH3 is 1. The van der Waals surface area contributed by atoms with Crippen LogP contribution in [0.4, 0.5) is 13.2 Å². The first-order valence-electron chi connectivity index (χ1n) is 9.12. The standard InChI is InChI=1S/C22H18F3NO3/c1-29-20(28)21(15-10-6-3-7-11-15)16-12-17(22(23,24)25)19(27)26(18(16)21)13-14-8-4-2-5-9-14/h2-11,17H,12-13H2,1H3. The summed E-state index contributed by atoms with van der Waals surface area (Å²) < 4.78 is 45.9. The minimum atomic E-state index is -4.70. The summed E-state index contributed by atoms with van der Waals surface area (Å²) in [6, 6.07) is 17.2. The number of ether oxygens (including phenoxy) is 1. The maximum Gasteiger partial charge on any atom is 0.400 e. The molecule has 7 heteroatoms. The maximum absolute atomic E-state index is 13.6. The van der Waals surface area contributed by atoms with E-state index in [4.69, 9.17) is 4.74 Å². The van der Waals surface area contributed by atoms with Crippen LogP contribution in [-0.2, 0) is 26.3 Å². The minimum Gasteiger partial charge on any atom is -0.468 e. The molecule has 0 saturated carbocycles. The van der Waals surface area contributed by atoms with Gasteiger partial charge in [0, 0.05) is 5.70 Å². The van der Waals surface area contributed by atoms with Crippen molar-refractivity contribution in [1.82, 2.24) is 4.90 Å². The molecule has 0 N–H and O–H groups in total. The Hall–Kier alpha value is -3.09. The molecule has 2 aromatic rings. The zero-order valence-corrected chi connectivity index (χ0v) is 15.6. The largest absolute Gasteiger partial charge is 0.468 e. The van der Waals surface area contributed by atoms with E-state index in [0.29, 0.717) is 22.4 Å². The van der Waals surface area contributed by atoms with E-state index in [1.54, 1.807) is 60.7 Å². The molecule has 2 aromatic carbocycles. The average molecular weight is 401 g/mol. The van der Waals surface area contributed by atoms with Crippen LogP contribution < -0.4 is 0 Å². The fourth-order valence-corrected chi connectivity index (χ4v) is 4.19. The van der Waals surface area contributed by atoms with Crippen LogP contribution in [0.3, 0.4) is 0 Å². The Morgan fingerprint density at radius 3 is 2.24 bits per heavy atom. The minimum absolute atomic E-state index is 0.0450. The van der Waals surface area contributed by atoms with Crippen molar-refractivity contribution in [2.75, 3.05) is 7.11 Å². The normalized spacial score (nSPS) is 23.7. The molecule has 1 amide bonds. The van der Waals surface area contributed by atoms with Crippen molar-refractivity contribution in [3.05, 3.63) is 83.1 Å². The number of hydrogen-bond donors (Lipinski definition) is 0. The van der Waals surface area contributed by atoms with E-state index < -0.39 is 35.8 Å². The molecular weight excluding hydrogens is 383 g/mol. The fraction of sp³-hybridized carbons (Fsp3) is 0.273. The molecule has 1 aliphatic heterocycles. The molecule has 0 spiro atoms. The number of esters is 1. The molecule has 29 heavy (non-hydrogen) atoms. The molecule has 0 radical (unpaired) electrons. The lowest BCUT2D eigenvalue weighted by Crippen LogP contribution is -2.42. The van der Waals surface area contributed by atoms with Gasteiger partial charge < -0.3 is 9.64 Å². The van der Waals surface area contributed by atoms with Gasteiger partial charge in [0.25, 0.3) is 0 Å². The van der Waals surface area contributed by atoms with Gasteiger partial charge in [0.1, 0.15) is 5.92 Å². The van der Waals surface area contributed by atoms with E-state index in [9.17, 15) is 22.8 Å². The highest BCUT2D eigenvalue weighted by atomic mass is 19.4. The Bertz CT molecular complexity index is 985. The number of amides is 1. The van der Waals surface area contributed by atoms with Crippen molar-refractivity contribution in [2.45, 2.75) is 24.6 Å². The second-order valence-corrected chi connectivity index (χ2v) is 7.14. The highest BCUT2D eigenvalue weighted by molar-refractivity contribution is 6.03. The Balaban J connectivity index is 1.82. The van der Waals surface area contributed by atoms with Gasteiger partial charge in [0.2, 0.25) is 5.91 Å². The Kier molecular flexibility index (Phi) is 4.48. The van der Waals surface area contributed by atoms with Crippen molar-refractivity contribution in [2.24, 2.45) is 5.92 Å². The van der Waals surface area contributed by atoms with Gasteiger partial charge in [-0.2, -0.15) is 13.2 Å². The first-order valence-corrected chi connectivity index (χ1v) is 9.12. The number of halogens is 3. The Morgan fingerprint density at radius 2 is 1.69 bits per heavy atom. The zero-order chi connectivity index (χ0) is 20.8. The van der Waals surface area contributed by atoms with Gasteiger partial charge >= 0.3 is 12.1 Å². The molecule has 2 unspecified atom stereocenters.